The van der Waals surface area contributed by atoms with Gasteiger partial charge in [0.25, 0.3) is 5.91 Å². The van der Waals surface area contributed by atoms with Crippen LogP contribution >= 0.6 is 24.8 Å². The topological polar surface area (TPSA) is 82.7 Å². The molecule has 0 fully saturated rings. The van der Waals surface area contributed by atoms with Crippen molar-refractivity contribution in [1.82, 2.24) is 10.6 Å². The highest BCUT2D eigenvalue weighted by molar-refractivity contribution is 6.00. The molecule has 1 aromatic carbocycles. The second kappa shape index (κ2) is 11.9. The van der Waals surface area contributed by atoms with E-state index in [1.54, 1.807) is 19.2 Å². The summed E-state index contributed by atoms with van der Waals surface area (Å²) in [4.78, 5) is 25.9. The number of nitrogens with one attached hydrogen (secondary N) is 3. The lowest BCUT2D eigenvalue weighted by Gasteiger charge is -2.18. The lowest BCUT2D eigenvalue weighted by molar-refractivity contribution is -0.115. The number of hydrogen-bond acceptors (Lipinski definition) is 5. The average molecular weight is 393 g/mol. The van der Waals surface area contributed by atoms with Crippen LogP contribution in [0.25, 0.3) is 0 Å². The van der Waals surface area contributed by atoms with Gasteiger partial charge in [-0.15, -0.1) is 24.8 Å². The number of fused-ring (bicyclic) bond motifs is 1. The SMILES string of the molecule is COCCNCCNC(=O)c1ccc2c(c1)NC(=O)CCN2C.Cl.Cl. The molecule has 0 bridgehead atoms. The van der Waals surface area contributed by atoms with Crippen molar-refractivity contribution in [2.75, 3.05) is 57.2 Å². The molecule has 0 unspecified atom stereocenters. The van der Waals surface area contributed by atoms with Crippen LogP contribution in [-0.4, -0.2) is 58.8 Å². The lowest BCUT2D eigenvalue weighted by atomic mass is 10.1. The van der Waals surface area contributed by atoms with Crippen molar-refractivity contribution in [3.8, 4) is 0 Å². The maximum absolute atomic E-state index is 12.2. The third kappa shape index (κ3) is 7.07. The number of ether oxygens (including phenoxy) is 1. The molecule has 0 saturated carbocycles. The van der Waals surface area contributed by atoms with Crippen LogP contribution in [0.2, 0.25) is 0 Å². The molecule has 0 aliphatic carbocycles. The first-order valence-corrected chi connectivity index (χ1v) is 7.74. The van der Waals surface area contributed by atoms with Crippen molar-refractivity contribution in [2.24, 2.45) is 0 Å². The Morgan fingerprint density at radius 3 is 2.76 bits per heavy atom. The van der Waals surface area contributed by atoms with Crippen LogP contribution in [0.1, 0.15) is 16.8 Å². The van der Waals surface area contributed by atoms with Gasteiger partial charge in [-0.05, 0) is 18.2 Å². The summed E-state index contributed by atoms with van der Waals surface area (Å²) in [7, 11) is 3.59. The number of amides is 2. The first-order valence-electron chi connectivity index (χ1n) is 7.74. The largest absolute Gasteiger partial charge is 0.383 e. The smallest absolute Gasteiger partial charge is 0.251 e. The normalized spacial score (nSPS) is 12.9. The minimum Gasteiger partial charge on any atom is -0.383 e. The summed E-state index contributed by atoms with van der Waals surface area (Å²) in [6.45, 7) is 3.28. The molecule has 0 saturated heterocycles. The maximum atomic E-state index is 12.2. The third-order valence-corrected chi connectivity index (χ3v) is 3.69. The van der Waals surface area contributed by atoms with E-state index in [0.29, 0.717) is 43.9 Å². The summed E-state index contributed by atoms with van der Waals surface area (Å²) in [6, 6.07) is 5.37. The first kappa shape index (κ1) is 23.5. The van der Waals surface area contributed by atoms with Crippen LogP contribution in [0, 0.1) is 0 Å². The highest BCUT2D eigenvalue weighted by atomic mass is 35.5. The number of rotatable bonds is 7. The second-order valence-corrected chi connectivity index (χ2v) is 5.45. The Hall–Kier alpha value is -1.54. The Morgan fingerprint density at radius 2 is 2.04 bits per heavy atom. The number of methoxy groups -OCH3 is 1. The van der Waals surface area contributed by atoms with Gasteiger partial charge in [0, 0.05) is 52.3 Å². The number of halogens is 2. The molecule has 9 heteroatoms. The van der Waals surface area contributed by atoms with Gasteiger partial charge >= 0.3 is 0 Å². The van der Waals surface area contributed by atoms with E-state index in [0.717, 1.165) is 12.2 Å². The van der Waals surface area contributed by atoms with E-state index in [1.807, 2.05) is 18.0 Å². The van der Waals surface area contributed by atoms with Crippen molar-refractivity contribution in [1.29, 1.82) is 0 Å². The number of carbonyl (C=O) groups excluding carboxylic acids is 2. The van der Waals surface area contributed by atoms with Gasteiger partial charge in [0.2, 0.25) is 5.91 Å². The molecule has 1 aromatic rings. The summed E-state index contributed by atoms with van der Waals surface area (Å²) < 4.78 is 4.93. The molecule has 2 amide bonds. The fraction of sp³-hybridized carbons (Fsp3) is 0.500. The Kier molecular flexibility index (Phi) is 11.2. The molecule has 2 rings (SSSR count). The van der Waals surface area contributed by atoms with Crippen LogP contribution < -0.4 is 20.9 Å². The number of anilines is 2. The van der Waals surface area contributed by atoms with Gasteiger partial charge in [-0.1, -0.05) is 0 Å². The van der Waals surface area contributed by atoms with Crippen molar-refractivity contribution in [3.05, 3.63) is 23.8 Å². The minimum absolute atomic E-state index is 0. The molecule has 25 heavy (non-hydrogen) atoms. The maximum Gasteiger partial charge on any atom is 0.251 e. The molecule has 0 spiro atoms. The quantitative estimate of drug-likeness (QED) is 0.608. The van der Waals surface area contributed by atoms with Gasteiger partial charge in [-0.25, -0.2) is 0 Å². The van der Waals surface area contributed by atoms with Crippen molar-refractivity contribution >= 4 is 48.0 Å². The number of benzene rings is 1. The molecule has 7 nitrogen and oxygen atoms in total. The van der Waals surface area contributed by atoms with Gasteiger partial charge < -0.3 is 25.6 Å². The Morgan fingerprint density at radius 1 is 1.28 bits per heavy atom. The molecule has 0 aromatic heterocycles. The van der Waals surface area contributed by atoms with E-state index in [4.69, 9.17) is 4.74 Å². The molecule has 1 aliphatic heterocycles. The van der Waals surface area contributed by atoms with Crippen LogP contribution in [0.15, 0.2) is 18.2 Å². The summed E-state index contributed by atoms with van der Waals surface area (Å²) in [5.41, 5.74) is 2.14. The third-order valence-electron chi connectivity index (χ3n) is 3.69. The van der Waals surface area contributed by atoms with Crippen molar-refractivity contribution < 1.29 is 14.3 Å². The summed E-state index contributed by atoms with van der Waals surface area (Å²) >= 11 is 0. The van der Waals surface area contributed by atoms with Gasteiger partial charge in [0.05, 0.1) is 18.0 Å². The van der Waals surface area contributed by atoms with Gasteiger partial charge in [-0.2, -0.15) is 0 Å². The predicted molar refractivity (Wildman–Crippen MR) is 105 cm³/mol. The van der Waals surface area contributed by atoms with Gasteiger partial charge in [0.1, 0.15) is 0 Å². The van der Waals surface area contributed by atoms with Crippen molar-refractivity contribution in [2.45, 2.75) is 6.42 Å². The molecule has 142 valence electrons. The average Bonchev–Trinajstić information content (AvgIpc) is 2.69. The van der Waals surface area contributed by atoms with E-state index in [9.17, 15) is 9.59 Å². The predicted octanol–water partition coefficient (Wildman–Crippen LogP) is 1.27. The summed E-state index contributed by atoms with van der Waals surface area (Å²) in [5.74, 6) is -0.182. The summed E-state index contributed by atoms with van der Waals surface area (Å²) in [6.07, 6.45) is 0.444. The van der Waals surface area contributed by atoms with Crippen LogP contribution in [0.4, 0.5) is 11.4 Å². The molecule has 1 heterocycles. The lowest BCUT2D eigenvalue weighted by Crippen LogP contribution is -2.33. The number of hydrogen-bond donors (Lipinski definition) is 3. The highest BCUT2D eigenvalue weighted by Gasteiger charge is 2.18. The second-order valence-electron chi connectivity index (χ2n) is 5.45. The van der Waals surface area contributed by atoms with E-state index in [1.165, 1.54) is 0 Å². The monoisotopic (exact) mass is 392 g/mol. The zero-order chi connectivity index (χ0) is 16.7. The number of nitrogens with zero attached hydrogens (tertiary/aromatic N) is 1. The zero-order valence-corrected chi connectivity index (χ0v) is 16.1. The summed E-state index contributed by atoms with van der Waals surface area (Å²) in [5, 5.41) is 8.86. The molecule has 1 aliphatic rings. The van der Waals surface area contributed by atoms with E-state index >= 15 is 0 Å². The molecule has 0 atom stereocenters. The first-order chi connectivity index (χ1) is 11.1. The molecular formula is C16H26Cl2N4O3. The van der Waals surface area contributed by atoms with E-state index < -0.39 is 0 Å². The molecule has 3 N–H and O–H groups in total. The zero-order valence-electron chi connectivity index (χ0n) is 14.5. The Balaban J connectivity index is 0.00000288. The highest BCUT2D eigenvalue weighted by Crippen LogP contribution is 2.28. The molecule has 0 radical (unpaired) electrons. The van der Waals surface area contributed by atoms with Gasteiger partial charge in [0.15, 0.2) is 0 Å². The molecular weight excluding hydrogens is 367 g/mol. The van der Waals surface area contributed by atoms with E-state index in [2.05, 4.69) is 16.0 Å². The standard InChI is InChI=1S/C16H24N4O3.2ClH/c1-20-9-5-15(21)19-13-11-12(3-4-14(13)20)16(22)18-7-6-17-8-10-23-2;;/h3-4,11,17H,5-10H2,1-2H3,(H,18,22)(H,19,21);2*1H. The van der Waals surface area contributed by atoms with Gasteiger partial charge in [-0.3, -0.25) is 9.59 Å². The Labute approximate surface area is 160 Å². The fourth-order valence-electron chi connectivity index (χ4n) is 2.38. The van der Waals surface area contributed by atoms with Crippen LogP contribution in [0.3, 0.4) is 0 Å². The fourth-order valence-corrected chi connectivity index (χ4v) is 2.38. The van der Waals surface area contributed by atoms with Crippen LogP contribution in [-0.2, 0) is 9.53 Å². The van der Waals surface area contributed by atoms with Crippen LogP contribution in [0.5, 0.6) is 0 Å². The number of carbonyl (C=O) groups is 2. The Bertz CT molecular complexity index is 572. The van der Waals surface area contributed by atoms with Crippen molar-refractivity contribution in [3.63, 3.8) is 0 Å². The van der Waals surface area contributed by atoms with E-state index in [-0.39, 0.29) is 36.6 Å². The minimum atomic E-state index is -0.150.